The summed E-state index contributed by atoms with van der Waals surface area (Å²) < 4.78 is 0.771. The number of halogens is 1. The number of hydrogen-bond donors (Lipinski definition) is 2. The highest BCUT2D eigenvalue weighted by Crippen LogP contribution is 2.68. The van der Waals surface area contributed by atoms with Crippen LogP contribution in [0.5, 0.6) is 0 Å². The standard InChI is InChI=1S/C30H45ClN2O2S/c1-5-24(25-8-9-26(31)36-25)33-27(35)14-17(2)20-6-7-21-28-22(11-13-30(20,21)4)29(3)12-10-19(34)15-18(29)16-23(28)32/h8-9,17-18,20-24,28H,5-7,10-16,32H2,1-4H3,(H,33,35)/t17-,18+,20?,21+,22+,23-,24-,28+,29+,30-/m1/s1. The van der Waals surface area contributed by atoms with Crippen molar-refractivity contribution in [3.63, 3.8) is 0 Å². The molecule has 4 aliphatic rings. The Labute approximate surface area is 226 Å². The summed E-state index contributed by atoms with van der Waals surface area (Å²) in [5.74, 6) is 3.88. The summed E-state index contributed by atoms with van der Waals surface area (Å²) in [6.45, 7) is 9.43. The summed E-state index contributed by atoms with van der Waals surface area (Å²) in [5, 5.41) is 3.29. The minimum Gasteiger partial charge on any atom is -0.348 e. The van der Waals surface area contributed by atoms with E-state index >= 15 is 0 Å². The third-order valence-electron chi connectivity index (χ3n) is 11.5. The quantitative estimate of drug-likeness (QED) is 0.408. The lowest BCUT2D eigenvalue weighted by Gasteiger charge is -2.62. The van der Waals surface area contributed by atoms with Crippen LogP contribution in [0.15, 0.2) is 12.1 Å². The largest absolute Gasteiger partial charge is 0.348 e. The molecule has 0 spiro atoms. The van der Waals surface area contributed by atoms with Crippen molar-refractivity contribution in [1.82, 2.24) is 5.32 Å². The van der Waals surface area contributed by atoms with Gasteiger partial charge in [-0.25, -0.2) is 0 Å². The first kappa shape index (κ1) is 26.7. The predicted molar refractivity (Wildman–Crippen MR) is 148 cm³/mol. The van der Waals surface area contributed by atoms with E-state index < -0.39 is 0 Å². The molecule has 4 saturated carbocycles. The number of nitrogens with one attached hydrogen (secondary N) is 1. The zero-order chi connectivity index (χ0) is 25.8. The number of Topliss-reactive ketones (excluding diaryl/α,β-unsaturated/α-hetero) is 1. The predicted octanol–water partition coefficient (Wildman–Crippen LogP) is 7.16. The lowest BCUT2D eigenvalue weighted by atomic mass is 9.43. The van der Waals surface area contributed by atoms with Gasteiger partial charge in [0.05, 0.1) is 10.4 Å². The van der Waals surface area contributed by atoms with Gasteiger partial charge in [0.25, 0.3) is 0 Å². The summed E-state index contributed by atoms with van der Waals surface area (Å²) in [6, 6.07) is 4.20. The number of carbonyl (C=O) groups excluding carboxylic acids is 2. The van der Waals surface area contributed by atoms with Crippen molar-refractivity contribution < 1.29 is 9.59 Å². The molecule has 36 heavy (non-hydrogen) atoms. The maximum atomic E-state index is 13.1. The summed E-state index contributed by atoms with van der Waals surface area (Å²) >= 11 is 7.70. The Morgan fingerprint density at radius 3 is 2.64 bits per heavy atom. The van der Waals surface area contributed by atoms with Gasteiger partial charge < -0.3 is 11.1 Å². The summed E-state index contributed by atoms with van der Waals surface area (Å²) in [5.41, 5.74) is 7.50. The van der Waals surface area contributed by atoms with E-state index in [9.17, 15) is 9.59 Å². The highest BCUT2D eigenvalue weighted by atomic mass is 35.5. The van der Waals surface area contributed by atoms with Crippen LogP contribution in [0.1, 0.15) is 103 Å². The van der Waals surface area contributed by atoms with E-state index in [0.29, 0.717) is 47.7 Å². The minimum atomic E-state index is 0.0425. The number of rotatable bonds is 6. The fourth-order valence-corrected chi connectivity index (χ4v) is 10.9. The smallest absolute Gasteiger partial charge is 0.220 e. The van der Waals surface area contributed by atoms with Gasteiger partial charge in [-0.2, -0.15) is 0 Å². The molecule has 6 heteroatoms. The van der Waals surface area contributed by atoms with Crippen molar-refractivity contribution in [3.05, 3.63) is 21.3 Å². The van der Waals surface area contributed by atoms with Gasteiger partial charge >= 0.3 is 0 Å². The molecule has 4 nitrogen and oxygen atoms in total. The summed E-state index contributed by atoms with van der Waals surface area (Å²) in [6.07, 6.45) is 9.97. The van der Waals surface area contributed by atoms with Crippen molar-refractivity contribution >= 4 is 34.6 Å². The number of nitrogens with two attached hydrogens (primary N) is 1. The molecular formula is C30H45ClN2O2S. The first-order valence-electron chi connectivity index (χ1n) is 14.4. The number of carbonyl (C=O) groups is 2. The molecule has 3 N–H and O–H groups in total. The second-order valence-corrected chi connectivity index (χ2v) is 15.0. The molecule has 1 aromatic rings. The van der Waals surface area contributed by atoms with E-state index in [2.05, 4.69) is 33.0 Å². The Bertz CT molecular complexity index is 995. The maximum Gasteiger partial charge on any atom is 0.220 e. The third kappa shape index (κ3) is 4.49. The second kappa shape index (κ2) is 10.0. The lowest BCUT2D eigenvalue weighted by Crippen LogP contribution is -2.60. The van der Waals surface area contributed by atoms with Crippen LogP contribution in [0.25, 0.3) is 0 Å². The van der Waals surface area contributed by atoms with Gasteiger partial charge in [-0.05, 0) is 103 Å². The fraction of sp³-hybridized carbons (Fsp3) is 0.800. The molecule has 200 valence electrons. The van der Waals surface area contributed by atoms with Crippen LogP contribution in [0.3, 0.4) is 0 Å². The Balaban J connectivity index is 1.27. The molecule has 4 aliphatic carbocycles. The zero-order valence-electron chi connectivity index (χ0n) is 22.5. The molecular weight excluding hydrogens is 488 g/mol. The van der Waals surface area contributed by atoms with Gasteiger partial charge in [0.15, 0.2) is 0 Å². The van der Waals surface area contributed by atoms with Crippen LogP contribution in [-0.2, 0) is 9.59 Å². The Kier molecular flexibility index (Phi) is 7.41. The summed E-state index contributed by atoms with van der Waals surface area (Å²) in [4.78, 5) is 26.5. The van der Waals surface area contributed by atoms with E-state index in [0.717, 1.165) is 41.3 Å². The van der Waals surface area contributed by atoms with E-state index in [1.807, 2.05) is 12.1 Å². The highest BCUT2D eigenvalue weighted by Gasteiger charge is 2.62. The van der Waals surface area contributed by atoms with Gasteiger partial charge in [0, 0.05) is 30.2 Å². The van der Waals surface area contributed by atoms with Crippen LogP contribution in [0.2, 0.25) is 4.34 Å². The Morgan fingerprint density at radius 1 is 1.19 bits per heavy atom. The van der Waals surface area contributed by atoms with Gasteiger partial charge in [0.2, 0.25) is 5.91 Å². The molecule has 10 atom stereocenters. The molecule has 1 unspecified atom stereocenters. The van der Waals surface area contributed by atoms with Crippen molar-refractivity contribution in [3.8, 4) is 0 Å². The molecule has 1 aromatic heterocycles. The average Bonchev–Trinajstić information content (AvgIpc) is 3.41. The van der Waals surface area contributed by atoms with Crippen LogP contribution in [-0.4, -0.2) is 17.7 Å². The van der Waals surface area contributed by atoms with Crippen LogP contribution in [0, 0.1) is 46.3 Å². The maximum absolute atomic E-state index is 13.1. The monoisotopic (exact) mass is 532 g/mol. The minimum absolute atomic E-state index is 0.0425. The number of thiophene rings is 1. The van der Waals surface area contributed by atoms with Crippen molar-refractivity contribution in [2.45, 2.75) is 104 Å². The zero-order valence-corrected chi connectivity index (χ0v) is 24.1. The number of hydrogen-bond acceptors (Lipinski definition) is 4. The molecule has 4 fully saturated rings. The summed E-state index contributed by atoms with van der Waals surface area (Å²) in [7, 11) is 0. The van der Waals surface area contributed by atoms with Gasteiger partial charge in [0.1, 0.15) is 5.78 Å². The van der Waals surface area contributed by atoms with Crippen molar-refractivity contribution in [2.75, 3.05) is 0 Å². The molecule has 0 saturated heterocycles. The first-order chi connectivity index (χ1) is 17.1. The molecule has 0 bridgehead atoms. The highest BCUT2D eigenvalue weighted by molar-refractivity contribution is 7.16. The first-order valence-corrected chi connectivity index (χ1v) is 15.6. The fourth-order valence-electron chi connectivity index (χ4n) is 9.66. The molecule has 0 aliphatic heterocycles. The van der Waals surface area contributed by atoms with Gasteiger partial charge in [-0.1, -0.05) is 39.3 Å². The van der Waals surface area contributed by atoms with E-state index in [4.69, 9.17) is 17.3 Å². The third-order valence-corrected chi connectivity index (χ3v) is 12.9. The van der Waals surface area contributed by atoms with Crippen molar-refractivity contribution in [2.24, 2.45) is 52.1 Å². The number of fused-ring (bicyclic) bond motifs is 5. The Hall–Kier alpha value is -0.910. The Morgan fingerprint density at radius 2 is 1.94 bits per heavy atom. The second-order valence-electron chi connectivity index (χ2n) is 13.2. The molecule has 0 radical (unpaired) electrons. The molecule has 0 aromatic carbocycles. The topological polar surface area (TPSA) is 72.2 Å². The average molecular weight is 533 g/mol. The molecule has 1 amide bonds. The van der Waals surface area contributed by atoms with Crippen LogP contribution < -0.4 is 11.1 Å². The normalized spacial score (nSPS) is 41.7. The van der Waals surface area contributed by atoms with Crippen LogP contribution >= 0.6 is 22.9 Å². The van der Waals surface area contributed by atoms with Gasteiger partial charge in [-0.15, -0.1) is 11.3 Å². The molecule has 5 rings (SSSR count). The molecule has 1 heterocycles. The van der Waals surface area contributed by atoms with Gasteiger partial charge in [-0.3, -0.25) is 9.59 Å². The SMILES string of the molecule is CC[C@@H](NC(=O)C[C@@H](C)C1CC[C@H]2[C@@H]3[C@H](N)C[C@@H]4CC(=O)CC[C@]4(C)[C@H]3CC[C@]12C)c1ccc(Cl)s1. The van der Waals surface area contributed by atoms with Crippen molar-refractivity contribution in [1.29, 1.82) is 0 Å². The van der Waals surface area contributed by atoms with E-state index in [1.54, 1.807) is 11.3 Å². The number of amides is 1. The van der Waals surface area contributed by atoms with Crippen LogP contribution in [0.4, 0.5) is 0 Å². The number of ketones is 1. The van der Waals surface area contributed by atoms with E-state index in [1.165, 1.54) is 25.7 Å². The lowest BCUT2D eigenvalue weighted by molar-refractivity contribution is -0.144. The van der Waals surface area contributed by atoms with E-state index in [-0.39, 0.29) is 28.8 Å².